The number of hydrogen-bond donors (Lipinski definition) is 0. The summed E-state index contributed by atoms with van der Waals surface area (Å²) in [4.78, 5) is 25.3. The number of carbonyl (C=O) groups excluding carboxylic acids is 2. The quantitative estimate of drug-likeness (QED) is 0.0210. The van der Waals surface area contributed by atoms with Gasteiger partial charge in [0.2, 0.25) is 0 Å². The third kappa shape index (κ3) is 39.1. The third-order valence-electron chi connectivity index (χ3n) is 12.5. The Morgan fingerprint density at radius 3 is 1.02 bits per heavy atom. The van der Waals surface area contributed by atoms with E-state index in [2.05, 4.69) is 38.2 Å². The maximum absolute atomic E-state index is 13.1. The Labute approximate surface area is 423 Å². The van der Waals surface area contributed by atoms with Gasteiger partial charge in [0.1, 0.15) is 10.1 Å². The summed E-state index contributed by atoms with van der Waals surface area (Å²) in [6.45, 7) is 4.79. The summed E-state index contributed by atoms with van der Waals surface area (Å²) < 4.78 is 47.0. The molecular weight excluding hydrogens is 840 g/mol. The predicted octanol–water partition coefficient (Wildman–Crippen LogP) is 14.7. The Bertz CT molecular complexity index is 1410. The number of unbranched alkanes of at least 4 members (excludes halogenated alkanes) is 36. The van der Waals surface area contributed by atoms with Gasteiger partial charge in [0.15, 0.2) is 0 Å². The molecule has 0 aromatic heterocycles. The molecular formula is C56H97NaO7S. The van der Waals surface area contributed by atoms with Gasteiger partial charge >= 0.3 is 41.5 Å². The average Bonchev–Trinajstić information content (AvgIpc) is 3.28. The summed E-state index contributed by atoms with van der Waals surface area (Å²) in [6, 6.07) is 3.64. The summed E-state index contributed by atoms with van der Waals surface area (Å²) in [5.74, 6) is -1.81. The molecule has 0 heterocycles. The van der Waals surface area contributed by atoms with Crippen molar-refractivity contribution >= 4 is 22.1 Å². The normalized spacial score (nSPS) is 11.7. The van der Waals surface area contributed by atoms with Crippen LogP contribution in [0.25, 0.3) is 0 Å². The van der Waals surface area contributed by atoms with Gasteiger partial charge in [0.25, 0.3) is 0 Å². The molecule has 0 bridgehead atoms. The Balaban J connectivity index is 0.0000410. The van der Waals surface area contributed by atoms with Crippen LogP contribution < -0.4 is 29.6 Å². The molecule has 0 fully saturated rings. The molecule has 0 N–H and O–H groups in total. The van der Waals surface area contributed by atoms with Crippen LogP contribution in [-0.4, -0.2) is 38.1 Å². The van der Waals surface area contributed by atoms with Crippen molar-refractivity contribution in [2.45, 2.75) is 276 Å². The third-order valence-corrected chi connectivity index (χ3v) is 13.4. The summed E-state index contributed by atoms with van der Waals surface area (Å²) in [5.41, 5.74) is -0.777. The molecule has 0 spiro atoms. The van der Waals surface area contributed by atoms with E-state index in [0.717, 1.165) is 51.0 Å². The van der Waals surface area contributed by atoms with Crippen LogP contribution in [-0.2, 0) is 19.6 Å². The molecule has 0 atom stereocenters. The van der Waals surface area contributed by atoms with Crippen molar-refractivity contribution in [2.24, 2.45) is 0 Å². The van der Waals surface area contributed by atoms with E-state index in [1.165, 1.54) is 211 Å². The Kier molecular flexibility index (Phi) is 46.5. The first-order chi connectivity index (χ1) is 31.3. The number of ether oxygens (including phenoxy) is 2. The molecule has 0 aliphatic rings. The maximum Gasteiger partial charge on any atom is 1.00 e. The van der Waals surface area contributed by atoms with E-state index in [0.29, 0.717) is 12.8 Å². The fourth-order valence-electron chi connectivity index (χ4n) is 8.42. The second kappa shape index (κ2) is 47.6. The van der Waals surface area contributed by atoms with Crippen LogP contribution in [0.15, 0.2) is 47.4 Å². The van der Waals surface area contributed by atoms with Crippen molar-refractivity contribution < 1.29 is 61.6 Å². The van der Waals surface area contributed by atoms with Crippen molar-refractivity contribution in [2.75, 3.05) is 13.2 Å². The topological polar surface area (TPSA) is 110 Å². The van der Waals surface area contributed by atoms with Crippen molar-refractivity contribution in [1.82, 2.24) is 0 Å². The molecule has 0 amide bonds. The molecule has 0 aliphatic heterocycles. The monoisotopic (exact) mass is 937 g/mol. The molecule has 65 heavy (non-hydrogen) atoms. The fraction of sp³-hybridized carbons (Fsp3) is 0.786. The SMILES string of the molecule is CCCCCCCCCCCC/C=C/CCCCCCCCCCOC(=O)c1cccc(S(=O)(=O)[O-])c1C(=O)OCCCCCCCCCC/C=C/CCCCCCCCCCCC.[Na+]. The van der Waals surface area contributed by atoms with Crippen LogP contribution >= 0.6 is 0 Å². The van der Waals surface area contributed by atoms with Crippen LogP contribution in [0.4, 0.5) is 0 Å². The summed E-state index contributed by atoms with van der Waals surface area (Å²) >= 11 is 0. The van der Waals surface area contributed by atoms with Crippen molar-refractivity contribution in [3.63, 3.8) is 0 Å². The Morgan fingerprint density at radius 1 is 0.431 bits per heavy atom. The van der Waals surface area contributed by atoms with Gasteiger partial charge in [-0.05, 0) is 76.3 Å². The Morgan fingerprint density at radius 2 is 0.708 bits per heavy atom. The van der Waals surface area contributed by atoms with E-state index in [1.54, 1.807) is 0 Å². The molecule has 370 valence electrons. The minimum absolute atomic E-state index is 0. The molecule has 1 aromatic rings. The van der Waals surface area contributed by atoms with Gasteiger partial charge in [-0.3, -0.25) is 0 Å². The second-order valence-electron chi connectivity index (χ2n) is 18.5. The number of allylic oxidation sites excluding steroid dienone is 4. The van der Waals surface area contributed by atoms with Gasteiger partial charge in [-0.25, -0.2) is 18.0 Å². The molecule has 7 nitrogen and oxygen atoms in total. The number of hydrogen-bond acceptors (Lipinski definition) is 7. The number of benzene rings is 1. The first-order valence-corrected chi connectivity index (χ1v) is 28.5. The van der Waals surface area contributed by atoms with E-state index >= 15 is 0 Å². The smallest absolute Gasteiger partial charge is 0.744 e. The maximum atomic E-state index is 13.1. The van der Waals surface area contributed by atoms with Crippen molar-refractivity contribution in [3.8, 4) is 0 Å². The van der Waals surface area contributed by atoms with E-state index in [-0.39, 0.29) is 48.3 Å². The van der Waals surface area contributed by atoms with Crippen LogP contribution in [0, 0.1) is 0 Å². The zero-order valence-electron chi connectivity index (χ0n) is 42.5. The summed E-state index contributed by atoms with van der Waals surface area (Å²) in [7, 11) is -5.02. The molecule has 9 heteroatoms. The van der Waals surface area contributed by atoms with Gasteiger partial charge in [-0.15, -0.1) is 0 Å². The van der Waals surface area contributed by atoms with Crippen LogP contribution in [0.5, 0.6) is 0 Å². The number of rotatable bonds is 47. The van der Waals surface area contributed by atoms with Crippen molar-refractivity contribution in [3.05, 3.63) is 53.6 Å². The van der Waals surface area contributed by atoms with E-state index in [9.17, 15) is 22.6 Å². The predicted molar refractivity (Wildman–Crippen MR) is 269 cm³/mol. The molecule has 0 saturated carbocycles. The molecule has 0 saturated heterocycles. The van der Waals surface area contributed by atoms with Crippen molar-refractivity contribution in [1.29, 1.82) is 0 Å². The van der Waals surface area contributed by atoms with Gasteiger partial charge in [0, 0.05) is 0 Å². The van der Waals surface area contributed by atoms with E-state index < -0.39 is 32.5 Å². The van der Waals surface area contributed by atoms with Crippen LogP contribution in [0.2, 0.25) is 0 Å². The molecule has 0 radical (unpaired) electrons. The second-order valence-corrected chi connectivity index (χ2v) is 19.9. The number of carbonyl (C=O) groups is 2. The minimum Gasteiger partial charge on any atom is -0.744 e. The van der Waals surface area contributed by atoms with Crippen LogP contribution in [0.1, 0.15) is 291 Å². The average molecular weight is 937 g/mol. The van der Waals surface area contributed by atoms with Gasteiger partial charge in [0.05, 0.1) is 29.2 Å². The fourth-order valence-corrected chi connectivity index (χ4v) is 9.11. The van der Waals surface area contributed by atoms with E-state index in [1.807, 2.05) is 0 Å². The summed E-state index contributed by atoms with van der Waals surface area (Å²) in [6.07, 6.45) is 59.1. The first-order valence-electron chi connectivity index (χ1n) is 27.1. The largest absolute Gasteiger partial charge is 1.00 e. The van der Waals surface area contributed by atoms with Gasteiger partial charge < -0.3 is 14.0 Å². The zero-order valence-corrected chi connectivity index (χ0v) is 45.3. The first kappa shape index (κ1) is 63.5. The molecule has 1 rings (SSSR count). The van der Waals surface area contributed by atoms with E-state index in [4.69, 9.17) is 9.47 Å². The minimum atomic E-state index is -5.02. The number of esters is 2. The van der Waals surface area contributed by atoms with Crippen LogP contribution in [0.3, 0.4) is 0 Å². The van der Waals surface area contributed by atoms with Gasteiger partial charge in [-0.2, -0.15) is 0 Å². The molecule has 0 unspecified atom stereocenters. The Hall–Kier alpha value is -1.45. The molecule has 0 aliphatic carbocycles. The summed E-state index contributed by atoms with van der Waals surface area (Å²) in [5, 5.41) is 0. The molecule has 1 aromatic carbocycles. The zero-order chi connectivity index (χ0) is 46.4. The van der Waals surface area contributed by atoms with Gasteiger partial charge in [-0.1, -0.05) is 237 Å². The standard InChI is InChI=1S/C56H98O7S.Na/c1-3-5-7-9-11-13-15-17-19-21-23-25-27-29-31-33-35-37-39-41-43-45-50-62-55(57)52-48-47-49-53(64(59,60)61)54(52)56(58)63-51-46-44-42-40-38-36-34-32-30-28-26-24-22-20-18-16-14-12-10-8-6-4-2;/h25-28,47-49H,3-24,29-46,50-51H2,1-2H3,(H,59,60,61);/q;+1/p-1/b27-25+,28-26+;.